The molecule has 1 rings (SSSR count). The van der Waals surface area contributed by atoms with Crippen LogP contribution in [0.25, 0.3) is 5.70 Å². The van der Waals surface area contributed by atoms with Crippen molar-refractivity contribution in [1.82, 2.24) is 0 Å². The third kappa shape index (κ3) is 2.63. The maximum Gasteiger partial charge on any atom is 0.158 e. The van der Waals surface area contributed by atoms with Crippen molar-refractivity contribution in [2.75, 3.05) is 5.73 Å². The minimum absolute atomic E-state index is 0. The van der Waals surface area contributed by atoms with E-state index in [1.54, 1.807) is 19.1 Å². The third-order valence-corrected chi connectivity index (χ3v) is 2.47. The normalized spacial score (nSPS) is 12.5. The van der Waals surface area contributed by atoms with Crippen LogP contribution in [0.5, 0.6) is 0 Å². The van der Waals surface area contributed by atoms with Gasteiger partial charge in [-0.1, -0.05) is 26.0 Å². The van der Waals surface area contributed by atoms with Gasteiger partial charge in [0.2, 0.25) is 0 Å². The van der Waals surface area contributed by atoms with E-state index >= 15 is 0 Å². The number of hydrogen-bond acceptors (Lipinski definition) is 3. The molecule has 0 bridgehead atoms. The van der Waals surface area contributed by atoms with E-state index in [0.717, 1.165) is 5.56 Å². The first kappa shape index (κ1) is 12.3. The standard InChI is InChI=1S/C13H18N2O.2H2/c1-8(2)12(9(3)16)13(15)10-4-6-11(14)7-5-10;;/h4-8H,14-15H2,1-3H3;2*1H/b13-12-;;. The van der Waals surface area contributed by atoms with Gasteiger partial charge in [-0.25, -0.2) is 0 Å². The Morgan fingerprint density at radius 3 is 2.12 bits per heavy atom. The van der Waals surface area contributed by atoms with Crippen LogP contribution >= 0.6 is 0 Å². The molecule has 0 spiro atoms. The van der Waals surface area contributed by atoms with Crippen LogP contribution in [0.3, 0.4) is 0 Å². The first-order valence-electron chi connectivity index (χ1n) is 5.30. The second-order valence-corrected chi connectivity index (χ2v) is 4.16. The molecule has 0 saturated carbocycles. The van der Waals surface area contributed by atoms with Crippen LogP contribution in [0.1, 0.15) is 29.2 Å². The highest BCUT2D eigenvalue weighted by Gasteiger charge is 2.14. The van der Waals surface area contributed by atoms with E-state index in [9.17, 15) is 4.79 Å². The second kappa shape index (κ2) is 4.84. The fraction of sp³-hybridized carbons (Fsp3) is 0.308. The molecule has 0 heterocycles. The molecule has 0 atom stereocenters. The van der Waals surface area contributed by atoms with Gasteiger partial charge in [-0.05, 0) is 30.5 Å². The summed E-state index contributed by atoms with van der Waals surface area (Å²) < 4.78 is 0. The van der Waals surface area contributed by atoms with Crippen LogP contribution in [0.2, 0.25) is 0 Å². The van der Waals surface area contributed by atoms with Gasteiger partial charge < -0.3 is 11.5 Å². The number of carbonyl (C=O) groups is 1. The average molecular weight is 222 g/mol. The van der Waals surface area contributed by atoms with E-state index in [2.05, 4.69) is 0 Å². The summed E-state index contributed by atoms with van der Waals surface area (Å²) in [4.78, 5) is 11.5. The minimum Gasteiger partial charge on any atom is -0.399 e. The predicted octanol–water partition coefficient (Wildman–Crippen LogP) is 2.68. The fourth-order valence-corrected chi connectivity index (χ4v) is 1.73. The lowest BCUT2D eigenvalue weighted by Crippen LogP contribution is -2.12. The van der Waals surface area contributed by atoms with Crippen molar-refractivity contribution in [2.45, 2.75) is 20.8 Å². The summed E-state index contributed by atoms with van der Waals surface area (Å²) in [6, 6.07) is 7.21. The molecule has 0 radical (unpaired) electrons. The number of nitrogens with two attached hydrogens (primary N) is 2. The molecule has 0 unspecified atom stereocenters. The molecule has 0 aromatic heterocycles. The molecule has 0 aliphatic heterocycles. The van der Waals surface area contributed by atoms with Crippen molar-refractivity contribution in [2.24, 2.45) is 11.7 Å². The number of anilines is 1. The van der Waals surface area contributed by atoms with E-state index in [4.69, 9.17) is 11.5 Å². The number of nitrogen functional groups attached to an aromatic ring is 1. The molecular weight excluding hydrogens is 200 g/mol. The Morgan fingerprint density at radius 2 is 1.75 bits per heavy atom. The van der Waals surface area contributed by atoms with Gasteiger partial charge in [0, 0.05) is 19.8 Å². The monoisotopic (exact) mass is 222 g/mol. The van der Waals surface area contributed by atoms with E-state index in [1.165, 1.54) is 0 Å². The molecule has 16 heavy (non-hydrogen) atoms. The van der Waals surface area contributed by atoms with E-state index in [-0.39, 0.29) is 14.6 Å². The molecule has 4 N–H and O–H groups in total. The first-order chi connectivity index (χ1) is 7.43. The SMILES string of the molecule is CC(=O)/C(=C(\N)c1ccc(N)cc1)C(C)C.[HH].[HH]. The zero-order valence-electron chi connectivity index (χ0n) is 9.95. The second-order valence-electron chi connectivity index (χ2n) is 4.16. The zero-order chi connectivity index (χ0) is 12.3. The predicted molar refractivity (Wildman–Crippen MR) is 71.7 cm³/mol. The summed E-state index contributed by atoms with van der Waals surface area (Å²) in [6.07, 6.45) is 0. The Bertz CT molecular complexity index is 425. The lowest BCUT2D eigenvalue weighted by molar-refractivity contribution is -0.113. The van der Waals surface area contributed by atoms with Gasteiger partial charge in [-0.15, -0.1) is 0 Å². The topological polar surface area (TPSA) is 69.1 Å². The molecule has 1 aromatic rings. The Kier molecular flexibility index (Phi) is 3.72. The van der Waals surface area contributed by atoms with Crippen LogP contribution < -0.4 is 11.5 Å². The van der Waals surface area contributed by atoms with Crippen LogP contribution in [-0.4, -0.2) is 5.78 Å². The number of carbonyl (C=O) groups excluding carboxylic acids is 1. The number of rotatable bonds is 3. The van der Waals surface area contributed by atoms with Crippen LogP contribution in [0.15, 0.2) is 29.8 Å². The summed E-state index contributed by atoms with van der Waals surface area (Å²) in [5, 5.41) is 0. The van der Waals surface area contributed by atoms with Crippen molar-refractivity contribution >= 4 is 17.2 Å². The number of Topliss-reactive ketones (excluding diaryl/α,β-unsaturated/α-hetero) is 1. The van der Waals surface area contributed by atoms with Crippen LogP contribution in [-0.2, 0) is 4.79 Å². The Hall–Kier alpha value is -1.77. The number of allylic oxidation sites excluding steroid dienone is 1. The zero-order valence-corrected chi connectivity index (χ0v) is 9.95. The number of ketones is 1. The highest BCUT2D eigenvalue weighted by molar-refractivity contribution is 6.00. The largest absolute Gasteiger partial charge is 0.399 e. The lowest BCUT2D eigenvalue weighted by atomic mass is 9.94. The number of benzene rings is 1. The van der Waals surface area contributed by atoms with E-state index < -0.39 is 0 Å². The van der Waals surface area contributed by atoms with Gasteiger partial charge in [0.1, 0.15) is 0 Å². The highest BCUT2D eigenvalue weighted by Crippen LogP contribution is 2.21. The molecule has 90 valence electrons. The molecule has 0 aliphatic carbocycles. The van der Waals surface area contributed by atoms with E-state index in [0.29, 0.717) is 17.0 Å². The lowest BCUT2D eigenvalue weighted by Gasteiger charge is -2.13. The van der Waals surface area contributed by atoms with Gasteiger partial charge in [0.05, 0.1) is 0 Å². The van der Waals surface area contributed by atoms with Crippen molar-refractivity contribution in [3.05, 3.63) is 35.4 Å². The molecule has 1 aromatic carbocycles. The van der Waals surface area contributed by atoms with Crippen molar-refractivity contribution in [1.29, 1.82) is 0 Å². The summed E-state index contributed by atoms with van der Waals surface area (Å²) >= 11 is 0. The average Bonchev–Trinajstić information content (AvgIpc) is 2.17. The van der Waals surface area contributed by atoms with Gasteiger partial charge in [-0.3, -0.25) is 4.79 Å². The van der Waals surface area contributed by atoms with Crippen LogP contribution in [0.4, 0.5) is 5.69 Å². The summed E-state index contributed by atoms with van der Waals surface area (Å²) in [7, 11) is 0. The highest BCUT2D eigenvalue weighted by atomic mass is 16.1. The van der Waals surface area contributed by atoms with Crippen molar-refractivity contribution < 1.29 is 7.65 Å². The Labute approximate surface area is 99.1 Å². The maximum absolute atomic E-state index is 11.5. The Morgan fingerprint density at radius 1 is 1.25 bits per heavy atom. The molecule has 0 fully saturated rings. The summed E-state index contributed by atoms with van der Waals surface area (Å²) in [6.45, 7) is 5.46. The minimum atomic E-state index is 0. The molecule has 3 nitrogen and oxygen atoms in total. The summed E-state index contributed by atoms with van der Waals surface area (Å²) in [5.41, 5.74) is 14.3. The fourth-order valence-electron chi connectivity index (χ4n) is 1.73. The van der Waals surface area contributed by atoms with Crippen molar-refractivity contribution in [3.8, 4) is 0 Å². The van der Waals surface area contributed by atoms with Gasteiger partial charge in [0.15, 0.2) is 5.78 Å². The molecule has 0 aliphatic rings. The van der Waals surface area contributed by atoms with Crippen LogP contribution in [0, 0.1) is 5.92 Å². The first-order valence-corrected chi connectivity index (χ1v) is 5.30. The maximum atomic E-state index is 11.5. The smallest absolute Gasteiger partial charge is 0.158 e. The number of hydrogen-bond donors (Lipinski definition) is 2. The molecule has 0 saturated heterocycles. The van der Waals surface area contributed by atoms with Gasteiger partial charge in [-0.2, -0.15) is 0 Å². The summed E-state index contributed by atoms with van der Waals surface area (Å²) in [5.74, 6) is 0.138. The Balaban J connectivity index is 0. The van der Waals surface area contributed by atoms with E-state index in [1.807, 2.05) is 26.0 Å². The third-order valence-electron chi connectivity index (χ3n) is 2.47. The molecular formula is C13H22N2O. The molecule has 0 amide bonds. The van der Waals surface area contributed by atoms with Crippen molar-refractivity contribution in [3.63, 3.8) is 0 Å². The van der Waals surface area contributed by atoms with Gasteiger partial charge in [0.25, 0.3) is 0 Å². The molecule has 3 heteroatoms. The quantitative estimate of drug-likeness (QED) is 0.610. The van der Waals surface area contributed by atoms with Gasteiger partial charge >= 0.3 is 0 Å².